The van der Waals surface area contributed by atoms with E-state index in [9.17, 15) is 14.7 Å². The lowest BCUT2D eigenvalue weighted by atomic mass is 9.93. The number of hydrogen-bond donors (Lipinski definition) is 2. The summed E-state index contributed by atoms with van der Waals surface area (Å²) in [5.74, 6) is -2.31. The van der Waals surface area contributed by atoms with Gasteiger partial charge in [0, 0.05) is 5.92 Å². The molecule has 5 nitrogen and oxygen atoms in total. The Bertz CT molecular complexity index is 818. The Kier molecular flexibility index (Phi) is 6.15. The van der Waals surface area contributed by atoms with Gasteiger partial charge in [-0.05, 0) is 28.7 Å². The third-order valence-corrected chi connectivity index (χ3v) is 5.51. The van der Waals surface area contributed by atoms with Crippen LogP contribution in [0.25, 0.3) is 11.1 Å². The molecule has 3 rings (SSSR count). The summed E-state index contributed by atoms with van der Waals surface area (Å²) in [6, 6.07) is 16.0. The molecule has 0 radical (unpaired) electrons. The van der Waals surface area contributed by atoms with Crippen molar-refractivity contribution < 1.29 is 19.4 Å². The normalized spacial score (nSPS) is 14.8. The SMILES string of the molecule is CCCCCCC(N)(C(=O)O)C(=O)OCC1c2ccccc2-c2ccccc21. The Hall–Kier alpha value is -2.66. The number of ether oxygens (including phenoxy) is 1. The molecule has 5 heteroatoms. The first kappa shape index (κ1) is 20.1. The van der Waals surface area contributed by atoms with E-state index in [0.29, 0.717) is 6.42 Å². The molecule has 3 N–H and O–H groups in total. The summed E-state index contributed by atoms with van der Waals surface area (Å²) in [4.78, 5) is 24.3. The van der Waals surface area contributed by atoms with Gasteiger partial charge < -0.3 is 15.6 Å². The molecule has 0 aliphatic heterocycles. The van der Waals surface area contributed by atoms with Gasteiger partial charge in [-0.2, -0.15) is 0 Å². The van der Waals surface area contributed by atoms with E-state index >= 15 is 0 Å². The van der Waals surface area contributed by atoms with E-state index in [1.165, 1.54) is 0 Å². The van der Waals surface area contributed by atoms with E-state index in [1.54, 1.807) is 0 Å². The number of carboxylic acids is 1. The zero-order valence-corrected chi connectivity index (χ0v) is 16.2. The molecule has 0 aromatic heterocycles. The van der Waals surface area contributed by atoms with Gasteiger partial charge in [-0.15, -0.1) is 0 Å². The fourth-order valence-corrected chi connectivity index (χ4v) is 3.85. The van der Waals surface area contributed by atoms with Gasteiger partial charge >= 0.3 is 11.9 Å². The van der Waals surface area contributed by atoms with E-state index in [0.717, 1.165) is 41.5 Å². The van der Waals surface area contributed by atoms with E-state index in [2.05, 4.69) is 6.92 Å². The van der Waals surface area contributed by atoms with E-state index in [4.69, 9.17) is 10.5 Å². The molecule has 2 aromatic rings. The number of hydrogen-bond acceptors (Lipinski definition) is 4. The van der Waals surface area contributed by atoms with Crippen LogP contribution < -0.4 is 5.73 Å². The Labute approximate surface area is 165 Å². The molecule has 1 aliphatic carbocycles. The quantitative estimate of drug-likeness (QED) is 0.388. The number of unbranched alkanes of at least 4 members (excludes halogenated alkanes) is 3. The number of esters is 1. The summed E-state index contributed by atoms with van der Waals surface area (Å²) in [5.41, 5.74) is 8.38. The van der Waals surface area contributed by atoms with Crippen molar-refractivity contribution in [3.8, 4) is 11.1 Å². The van der Waals surface area contributed by atoms with Crippen molar-refractivity contribution in [2.24, 2.45) is 5.73 Å². The summed E-state index contributed by atoms with van der Waals surface area (Å²) in [5, 5.41) is 9.54. The lowest BCUT2D eigenvalue weighted by molar-refractivity contribution is -0.161. The number of nitrogens with two attached hydrogens (primary N) is 1. The molecule has 28 heavy (non-hydrogen) atoms. The smallest absolute Gasteiger partial charge is 0.337 e. The first-order valence-electron chi connectivity index (χ1n) is 9.86. The maximum Gasteiger partial charge on any atom is 0.337 e. The van der Waals surface area contributed by atoms with Gasteiger partial charge in [0.25, 0.3) is 0 Å². The van der Waals surface area contributed by atoms with Crippen molar-refractivity contribution in [3.63, 3.8) is 0 Å². The summed E-state index contributed by atoms with van der Waals surface area (Å²) in [7, 11) is 0. The topological polar surface area (TPSA) is 89.6 Å². The molecule has 0 amide bonds. The molecule has 1 aliphatic rings. The van der Waals surface area contributed by atoms with Crippen LogP contribution in [0.4, 0.5) is 0 Å². The molecule has 0 fully saturated rings. The summed E-state index contributed by atoms with van der Waals surface area (Å²) >= 11 is 0. The second-order valence-corrected chi connectivity index (χ2v) is 7.41. The molecule has 2 aromatic carbocycles. The molecular formula is C23H27NO4. The minimum atomic E-state index is -1.99. The standard InChI is InChI=1S/C23H27NO4/c1-2-3-4-9-14-23(24,21(25)26)22(27)28-15-20-18-12-7-5-10-16(18)17-11-6-8-13-19(17)20/h5-8,10-13,20H,2-4,9,14-15,24H2,1H3,(H,25,26). The van der Waals surface area contributed by atoms with Crippen molar-refractivity contribution in [1.29, 1.82) is 0 Å². The zero-order valence-electron chi connectivity index (χ0n) is 16.2. The number of fused-ring (bicyclic) bond motifs is 3. The van der Waals surface area contributed by atoms with Crippen LogP contribution in [0.1, 0.15) is 56.1 Å². The first-order valence-corrected chi connectivity index (χ1v) is 9.86. The monoisotopic (exact) mass is 381 g/mol. The second-order valence-electron chi connectivity index (χ2n) is 7.41. The Balaban J connectivity index is 1.74. The summed E-state index contributed by atoms with van der Waals surface area (Å²) in [6.45, 7) is 2.15. The third kappa shape index (κ3) is 3.80. The molecule has 0 spiro atoms. The van der Waals surface area contributed by atoms with Gasteiger partial charge in [0.1, 0.15) is 6.61 Å². The largest absolute Gasteiger partial charge is 0.479 e. The predicted molar refractivity (Wildman–Crippen MR) is 108 cm³/mol. The Morgan fingerprint density at radius 2 is 1.57 bits per heavy atom. The third-order valence-electron chi connectivity index (χ3n) is 5.51. The number of carbonyl (C=O) groups is 2. The maximum atomic E-state index is 12.6. The van der Waals surface area contributed by atoms with Crippen LogP contribution in [0.5, 0.6) is 0 Å². The molecule has 1 unspecified atom stereocenters. The van der Waals surface area contributed by atoms with E-state index < -0.39 is 17.5 Å². The minimum absolute atomic E-state index is 0.0774. The highest BCUT2D eigenvalue weighted by molar-refractivity contribution is 6.03. The highest BCUT2D eigenvalue weighted by Gasteiger charge is 2.44. The lowest BCUT2D eigenvalue weighted by Crippen LogP contribution is -2.56. The van der Waals surface area contributed by atoms with Gasteiger partial charge in [-0.25, -0.2) is 9.59 Å². The van der Waals surface area contributed by atoms with Crippen LogP contribution in [-0.2, 0) is 14.3 Å². The summed E-state index contributed by atoms with van der Waals surface area (Å²) < 4.78 is 5.48. The molecule has 0 heterocycles. The molecule has 0 bridgehead atoms. The van der Waals surface area contributed by atoms with Crippen molar-refractivity contribution in [1.82, 2.24) is 0 Å². The van der Waals surface area contributed by atoms with Crippen LogP contribution in [0.3, 0.4) is 0 Å². The number of aliphatic carboxylic acids is 1. The van der Waals surface area contributed by atoms with Gasteiger partial charge in [0.15, 0.2) is 0 Å². The van der Waals surface area contributed by atoms with Crippen molar-refractivity contribution in [3.05, 3.63) is 59.7 Å². The zero-order chi connectivity index (χ0) is 20.1. The van der Waals surface area contributed by atoms with Crippen LogP contribution in [-0.4, -0.2) is 29.2 Å². The summed E-state index contributed by atoms with van der Waals surface area (Å²) in [6.07, 6.45) is 3.52. The van der Waals surface area contributed by atoms with Crippen molar-refractivity contribution in [2.75, 3.05) is 6.61 Å². The average molecular weight is 381 g/mol. The minimum Gasteiger partial charge on any atom is -0.479 e. The molecule has 1 atom stereocenters. The fraction of sp³-hybridized carbons (Fsp3) is 0.391. The number of rotatable bonds is 9. The van der Waals surface area contributed by atoms with Crippen molar-refractivity contribution in [2.45, 2.75) is 50.5 Å². The van der Waals surface area contributed by atoms with Crippen LogP contribution in [0.15, 0.2) is 48.5 Å². The first-order chi connectivity index (χ1) is 13.5. The fourth-order valence-electron chi connectivity index (χ4n) is 3.85. The van der Waals surface area contributed by atoms with E-state index in [-0.39, 0.29) is 18.9 Å². The highest BCUT2D eigenvalue weighted by atomic mass is 16.5. The van der Waals surface area contributed by atoms with Gasteiger partial charge in [0.05, 0.1) is 0 Å². The van der Waals surface area contributed by atoms with E-state index in [1.807, 2.05) is 48.5 Å². The van der Waals surface area contributed by atoms with Crippen molar-refractivity contribution >= 4 is 11.9 Å². The average Bonchev–Trinajstić information content (AvgIpc) is 3.03. The van der Waals surface area contributed by atoms with Crippen LogP contribution in [0.2, 0.25) is 0 Å². The molecule has 0 saturated heterocycles. The van der Waals surface area contributed by atoms with Crippen LogP contribution >= 0.6 is 0 Å². The van der Waals surface area contributed by atoms with Gasteiger partial charge in [-0.3, -0.25) is 0 Å². The van der Waals surface area contributed by atoms with Crippen LogP contribution in [0, 0.1) is 0 Å². The van der Waals surface area contributed by atoms with Gasteiger partial charge in [-0.1, -0.05) is 81.1 Å². The predicted octanol–water partition coefficient (Wildman–Crippen LogP) is 4.09. The number of carbonyl (C=O) groups excluding carboxylic acids is 1. The molecule has 148 valence electrons. The number of carboxylic acid groups (broad SMARTS) is 1. The number of benzene rings is 2. The Morgan fingerprint density at radius 1 is 1.00 bits per heavy atom. The molecule has 0 saturated carbocycles. The highest BCUT2D eigenvalue weighted by Crippen LogP contribution is 2.44. The lowest BCUT2D eigenvalue weighted by Gasteiger charge is -2.24. The maximum absolute atomic E-state index is 12.6. The Morgan fingerprint density at radius 3 is 2.11 bits per heavy atom. The molecular weight excluding hydrogens is 354 g/mol. The van der Waals surface area contributed by atoms with Gasteiger partial charge in [0.2, 0.25) is 5.54 Å². The second kappa shape index (κ2) is 8.57.